The van der Waals surface area contributed by atoms with Crippen LogP contribution in [0.2, 0.25) is 0 Å². The summed E-state index contributed by atoms with van der Waals surface area (Å²) >= 11 is 1.40. The van der Waals surface area contributed by atoms with Crippen molar-refractivity contribution in [3.8, 4) is 0 Å². The van der Waals surface area contributed by atoms with E-state index >= 15 is 0 Å². The van der Waals surface area contributed by atoms with Crippen LogP contribution in [0.15, 0.2) is 5.16 Å². The van der Waals surface area contributed by atoms with Gasteiger partial charge >= 0.3 is 0 Å². The van der Waals surface area contributed by atoms with E-state index in [9.17, 15) is 4.79 Å². The third-order valence-corrected chi connectivity index (χ3v) is 3.46. The molecule has 4 N–H and O–H groups in total. The fraction of sp³-hybridized carbons (Fsp3) is 0.545. The largest absolute Gasteiger partial charge is 0.409 e. The van der Waals surface area contributed by atoms with E-state index in [4.69, 9.17) is 10.9 Å². The number of rotatable bonds is 6. The molecule has 1 rings (SSSR count). The summed E-state index contributed by atoms with van der Waals surface area (Å²) in [5, 5.41) is 15.0. The Balaban J connectivity index is 2.28. The van der Waals surface area contributed by atoms with Crippen LogP contribution in [0.5, 0.6) is 0 Å². The SMILES string of the molecule is Cc1nc(C)c(C(=O)NCCCCC(N)=NO)s1. The molecule has 18 heavy (non-hydrogen) atoms. The number of aromatic nitrogens is 1. The molecule has 1 aromatic rings. The second-order valence-corrected chi connectivity index (χ2v) is 5.15. The van der Waals surface area contributed by atoms with E-state index in [1.54, 1.807) is 0 Å². The summed E-state index contributed by atoms with van der Waals surface area (Å²) in [6.07, 6.45) is 2.10. The van der Waals surface area contributed by atoms with Gasteiger partial charge in [-0.2, -0.15) is 0 Å². The zero-order valence-corrected chi connectivity index (χ0v) is 11.4. The first-order valence-corrected chi connectivity index (χ1v) is 6.55. The molecule has 0 fully saturated rings. The molecule has 1 amide bonds. The Morgan fingerprint density at radius 3 is 2.78 bits per heavy atom. The monoisotopic (exact) mass is 270 g/mol. The molecule has 0 radical (unpaired) electrons. The molecular formula is C11H18N4O2S. The number of hydrogen-bond acceptors (Lipinski definition) is 5. The molecule has 7 heteroatoms. The van der Waals surface area contributed by atoms with E-state index in [-0.39, 0.29) is 11.7 Å². The molecule has 0 bridgehead atoms. The van der Waals surface area contributed by atoms with Crippen molar-refractivity contribution in [3.05, 3.63) is 15.6 Å². The first-order chi connectivity index (χ1) is 8.54. The van der Waals surface area contributed by atoms with Crippen molar-refractivity contribution in [3.63, 3.8) is 0 Å². The average molecular weight is 270 g/mol. The summed E-state index contributed by atoms with van der Waals surface area (Å²) in [4.78, 5) is 16.7. The summed E-state index contributed by atoms with van der Waals surface area (Å²) in [5.74, 6) is 0.136. The van der Waals surface area contributed by atoms with Gasteiger partial charge in [-0.1, -0.05) is 5.16 Å². The number of thiazole rings is 1. The third-order valence-electron chi connectivity index (χ3n) is 2.38. The molecule has 0 aromatic carbocycles. The minimum absolute atomic E-state index is 0.0816. The van der Waals surface area contributed by atoms with Gasteiger partial charge < -0.3 is 16.3 Å². The van der Waals surface area contributed by atoms with Gasteiger partial charge in [0, 0.05) is 13.0 Å². The van der Waals surface area contributed by atoms with Gasteiger partial charge in [0.1, 0.15) is 10.7 Å². The Morgan fingerprint density at radius 1 is 1.50 bits per heavy atom. The molecule has 6 nitrogen and oxygen atoms in total. The van der Waals surface area contributed by atoms with Gasteiger partial charge in [-0.05, 0) is 26.7 Å². The van der Waals surface area contributed by atoms with Crippen LogP contribution < -0.4 is 11.1 Å². The number of nitrogens with zero attached hydrogens (tertiary/aromatic N) is 2. The van der Waals surface area contributed by atoms with Gasteiger partial charge in [-0.25, -0.2) is 4.98 Å². The standard InChI is InChI=1S/C11H18N4O2S/c1-7-10(18-8(2)14-7)11(16)13-6-4-3-5-9(12)15-17/h17H,3-6H2,1-2H3,(H2,12,15)(H,13,16). The molecular weight excluding hydrogens is 252 g/mol. The van der Waals surface area contributed by atoms with Crippen LogP contribution in [0.1, 0.15) is 39.6 Å². The molecule has 1 aromatic heterocycles. The smallest absolute Gasteiger partial charge is 0.263 e. The maximum atomic E-state index is 11.8. The second-order valence-electron chi connectivity index (χ2n) is 3.95. The lowest BCUT2D eigenvalue weighted by molar-refractivity contribution is 0.0956. The molecule has 0 atom stereocenters. The van der Waals surface area contributed by atoms with Crippen molar-refractivity contribution in [2.75, 3.05) is 6.54 Å². The molecule has 0 unspecified atom stereocenters. The normalized spacial score (nSPS) is 11.6. The Morgan fingerprint density at radius 2 is 2.22 bits per heavy atom. The fourth-order valence-electron chi connectivity index (χ4n) is 1.51. The lowest BCUT2D eigenvalue weighted by Gasteiger charge is -2.03. The second kappa shape index (κ2) is 6.95. The number of nitrogens with one attached hydrogen (secondary N) is 1. The van der Waals surface area contributed by atoms with E-state index in [0.29, 0.717) is 17.8 Å². The number of amidine groups is 1. The lowest BCUT2D eigenvalue weighted by atomic mass is 10.2. The number of amides is 1. The van der Waals surface area contributed by atoms with Gasteiger partial charge in [-0.15, -0.1) is 11.3 Å². The Bertz CT molecular complexity index is 442. The van der Waals surface area contributed by atoms with Crippen LogP contribution in [-0.4, -0.2) is 28.5 Å². The number of oxime groups is 1. The number of unbranched alkanes of at least 4 members (excludes halogenated alkanes) is 1. The Kier molecular flexibility index (Phi) is 5.57. The van der Waals surface area contributed by atoms with Crippen LogP contribution >= 0.6 is 11.3 Å². The third kappa shape index (κ3) is 4.33. The lowest BCUT2D eigenvalue weighted by Crippen LogP contribution is -2.24. The van der Waals surface area contributed by atoms with Gasteiger partial charge in [0.05, 0.1) is 10.7 Å². The molecule has 0 spiro atoms. The number of carbonyl (C=O) groups is 1. The highest BCUT2D eigenvalue weighted by atomic mass is 32.1. The Hall–Kier alpha value is -1.63. The highest BCUT2D eigenvalue weighted by molar-refractivity contribution is 7.13. The summed E-state index contributed by atoms with van der Waals surface area (Å²) in [5.41, 5.74) is 6.10. The highest BCUT2D eigenvalue weighted by Gasteiger charge is 2.12. The van der Waals surface area contributed by atoms with E-state index in [0.717, 1.165) is 23.5 Å². The summed E-state index contributed by atoms with van der Waals surface area (Å²) in [6.45, 7) is 4.29. The van der Waals surface area contributed by atoms with Gasteiger partial charge in [0.25, 0.3) is 5.91 Å². The van der Waals surface area contributed by atoms with Crippen LogP contribution in [0, 0.1) is 13.8 Å². The molecule has 1 heterocycles. The van der Waals surface area contributed by atoms with Gasteiger partial charge in [-0.3, -0.25) is 4.79 Å². The highest BCUT2D eigenvalue weighted by Crippen LogP contribution is 2.16. The van der Waals surface area contributed by atoms with Crippen molar-refractivity contribution in [2.24, 2.45) is 10.9 Å². The van der Waals surface area contributed by atoms with Crippen molar-refractivity contribution < 1.29 is 10.0 Å². The number of aryl methyl sites for hydroxylation is 2. The molecule has 0 aliphatic heterocycles. The maximum absolute atomic E-state index is 11.8. The van der Waals surface area contributed by atoms with E-state index in [1.165, 1.54) is 11.3 Å². The van der Waals surface area contributed by atoms with Crippen LogP contribution in [0.3, 0.4) is 0 Å². The predicted molar refractivity (Wildman–Crippen MR) is 71.2 cm³/mol. The van der Waals surface area contributed by atoms with Crippen molar-refractivity contribution >= 4 is 23.1 Å². The summed E-state index contributed by atoms with van der Waals surface area (Å²) in [7, 11) is 0. The average Bonchev–Trinajstić information content (AvgIpc) is 2.67. The van der Waals surface area contributed by atoms with Crippen LogP contribution in [0.25, 0.3) is 0 Å². The van der Waals surface area contributed by atoms with E-state index < -0.39 is 0 Å². The maximum Gasteiger partial charge on any atom is 0.263 e. The molecule has 0 saturated heterocycles. The topological polar surface area (TPSA) is 101 Å². The molecule has 0 aliphatic carbocycles. The van der Waals surface area contributed by atoms with Crippen LogP contribution in [0.4, 0.5) is 0 Å². The molecule has 100 valence electrons. The predicted octanol–water partition coefficient (Wildman–Crippen LogP) is 1.41. The van der Waals surface area contributed by atoms with Crippen molar-refractivity contribution in [1.29, 1.82) is 0 Å². The quantitative estimate of drug-likeness (QED) is 0.239. The zero-order chi connectivity index (χ0) is 13.5. The number of nitrogens with two attached hydrogens (primary N) is 1. The van der Waals surface area contributed by atoms with Crippen molar-refractivity contribution in [2.45, 2.75) is 33.1 Å². The summed E-state index contributed by atoms with van der Waals surface area (Å²) < 4.78 is 0. The zero-order valence-electron chi connectivity index (χ0n) is 10.6. The first-order valence-electron chi connectivity index (χ1n) is 5.73. The number of hydrogen-bond donors (Lipinski definition) is 3. The van der Waals surface area contributed by atoms with E-state index in [2.05, 4.69) is 15.5 Å². The summed E-state index contributed by atoms with van der Waals surface area (Å²) in [6, 6.07) is 0. The minimum Gasteiger partial charge on any atom is -0.409 e. The van der Waals surface area contributed by atoms with Gasteiger partial charge in [0.15, 0.2) is 0 Å². The fourth-order valence-corrected chi connectivity index (χ4v) is 2.34. The van der Waals surface area contributed by atoms with E-state index in [1.807, 2.05) is 13.8 Å². The van der Waals surface area contributed by atoms with Crippen LogP contribution in [-0.2, 0) is 0 Å². The molecule has 0 aliphatic rings. The first kappa shape index (κ1) is 14.4. The Labute approximate surface area is 110 Å². The minimum atomic E-state index is -0.0816. The number of carbonyl (C=O) groups excluding carboxylic acids is 1. The van der Waals surface area contributed by atoms with Crippen molar-refractivity contribution in [1.82, 2.24) is 10.3 Å². The van der Waals surface area contributed by atoms with Gasteiger partial charge in [0.2, 0.25) is 0 Å². The molecule has 0 saturated carbocycles.